The molecule has 0 atom stereocenters. The molecule has 1 aromatic heterocycles. The van der Waals surface area contributed by atoms with Crippen LogP contribution in [0.2, 0.25) is 0 Å². The van der Waals surface area contributed by atoms with Crippen LogP contribution in [-0.4, -0.2) is 19.9 Å². The maximum atomic E-state index is 10.7. The van der Waals surface area contributed by atoms with E-state index in [1.807, 2.05) is 24.3 Å². The van der Waals surface area contributed by atoms with Crippen molar-refractivity contribution in [3.05, 3.63) is 76.0 Å². The maximum Gasteiger partial charge on any atom is 0.269 e. The van der Waals surface area contributed by atoms with Crippen molar-refractivity contribution in [1.29, 1.82) is 0 Å². The summed E-state index contributed by atoms with van der Waals surface area (Å²) in [6, 6.07) is 14.3. The Morgan fingerprint density at radius 1 is 1.04 bits per heavy atom. The first-order valence-electron chi connectivity index (χ1n) is 7.08. The van der Waals surface area contributed by atoms with E-state index in [-0.39, 0.29) is 5.69 Å². The molecule has 0 unspecified atom stereocenters. The quantitative estimate of drug-likeness (QED) is 0.576. The summed E-state index contributed by atoms with van der Waals surface area (Å²) < 4.78 is 1.76. The molecule has 0 fully saturated rings. The van der Waals surface area contributed by atoms with Gasteiger partial charge in [-0.2, -0.15) is 0 Å². The average Bonchev–Trinajstić information content (AvgIpc) is 3.04. The van der Waals surface area contributed by atoms with Gasteiger partial charge in [0.15, 0.2) is 0 Å². The lowest BCUT2D eigenvalue weighted by Crippen LogP contribution is -2.04. The topological polar surface area (TPSA) is 99.9 Å². The maximum absolute atomic E-state index is 10.7. The fraction of sp³-hybridized carbons (Fsp3) is 0.125. The van der Waals surface area contributed by atoms with Crippen molar-refractivity contribution in [3.8, 4) is 11.3 Å². The Kier molecular flexibility index (Phi) is 4.11. The third-order valence-electron chi connectivity index (χ3n) is 3.58. The highest BCUT2D eigenvalue weighted by Crippen LogP contribution is 2.22. The minimum atomic E-state index is -0.418. The van der Waals surface area contributed by atoms with Crippen molar-refractivity contribution in [3.63, 3.8) is 0 Å². The van der Waals surface area contributed by atoms with Crippen LogP contribution < -0.4 is 5.73 Å². The SMILES string of the molecule is NCc1ccc(Cn2nncc2-c2ccc([N+](=O)[O-])cc2)cc1. The Morgan fingerprint density at radius 3 is 2.30 bits per heavy atom. The van der Waals surface area contributed by atoms with Gasteiger partial charge in [0.25, 0.3) is 5.69 Å². The molecule has 7 heteroatoms. The van der Waals surface area contributed by atoms with Gasteiger partial charge in [-0.3, -0.25) is 10.1 Å². The Labute approximate surface area is 132 Å². The molecule has 7 nitrogen and oxygen atoms in total. The number of nitrogens with zero attached hydrogens (tertiary/aromatic N) is 4. The highest BCUT2D eigenvalue weighted by molar-refractivity contribution is 5.60. The molecule has 3 aromatic rings. The Balaban J connectivity index is 1.85. The molecule has 2 N–H and O–H groups in total. The highest BCUT2D eigenvalue weighted by Gasteiger charge is 2.10. The van der Waals surface area contributed by atoms with Crippen LogP contribution in [0.5, 0.6) is 0 Å². The van der Waals surface area contributed by atoms with Crippen molar-refractivity contribution in [2.24, 2.45) is 5.73 Å². The van der Waals surface area contributed by atoms with Crippen LogP contribution in [0.25, 0.3) is 11.3 Å². The van der Waals surface area contributed by atoms with E-state index < -0.39 is 4.92 Å². The molecule has 3 rings (SSSR count). The van der Waals surface area contributed by atoms with Crippen LogP contribution in [-0.2, 0) is 13.1 Å². The molecule has 0 spiro atoms. The number of nitro benzene ring substituents is 1. The van der Waals surface area contributed by atoms with Crippen molar-refractivity contribution < 1.29 is 4.92 Å². The number of hydrogen-bond donors (Lipinski definition) is 1. The summed E-state index contributed by atoms with van der Waals surface area (Å²) in [5.41, 5.74) is 9.45. The van der Waals surface area contributed by atoms with E-state index in [1.54, 1.807) is 23.0 Å². The van der Waals surface area contributed by atoms with Crippen LogP contribution in [0.1, 0.15) is 11.1 Å². The number of non-ortho nitro benzene ring substituents is 1. The van der Waals surface area contributed by atoms with E-state index in [1.165, 1.54) is 12.1 Å². The third-order valence-corrected chi connectivity index (χ3v) is 3.58. The monoisotopic (exact) mass is 309 g/mol. The van der Waals surface area contributed by atoms with Gasteiger partial charge in [-0.05, 0) is 23.3 Å². The third kappa shape index (κ3) is 3.24. The van der Waals surface area contributed by atoms with Gasteiger partial charge in [-0.1, -0.05) is 29.5 Å². The van der Waals surface area contributed by atoms with Crippen LogP contribution in [0.15, 0.2) is 54.7 Å². The smallest absolute Gasteiger partial charge is 0.269 e. The van der Waals surface area contributed by atoms with Crippen LogP contribution in [0.3, 0.4) is 0 Å². The minimum Gasteiger partial charge on any atom is -0.326 e. The first-order valence-corrected chi connectivity index (χ1v) is 7.08. The summed E-state index contributed by atoms with van der Waals surface area (Å²) >= 11 is 0. The number of hydrogen-bond acceptors (Lipinski definition) is 5. The summed E-state index contributed by atoms with van der Waals surface area (Å²) in [5.74, 6) is 0. The van der Waals surface area contributed by atoms with Crippen LogP contribution in [0.4, 0.5) is 5.69 Å². The number of benzene rings is 2. The zero-order valence-electron chi connectivity index (χ0n) is 12.3. The molecule has 23 heavy (non-hydrogen) atoms. The van der Waals surface area contributed by atoms with Crippen molar-refractivity contribution in [2.45, 2.75) is 13.1 Å². The van der Waals surface area contributed by atoms with Crippen LogP contribution >= 0.6 is 0 Å². The second kappa shape index (κ2) is 6.37. The fourth-order valence-corrected chi connectivity index (χ4v) is 2.31. The largest absolute Gasteiger partial charge is 0.326 e. The summed E-state index contributed by atoms with van der Waals surface area (Å²) in [6.07, 6.45) is 1.65. The molecule has 1 heterocycles. The summed E-state index contributed by atoms with van der Waals surface area (Å²) in [7, 11) is 0. The van der Waals surface area contributed by atoms with Crippen LogP contribution in [0, 0.1) is 10.1 Å². The number of rotatable bonds is 5. The Hall–Kier alpha value is -3.06. The van der Waals surface area contributed by atoms with Crippen molar-refractivity contribution in [1.82, 2.24) is 15.0 Å². The summed E-state index contributed by atoms with van der Waals surface area (Å²) in [6.45, 7) is 1.08. The Bertz CT molecular complexity index is 809. The second-order valence-electron chi connectivity index (χ2n) is 5.10. The van der Waals surface area contributed by atoms with Gasteiger partial charge in [-0.15, -0.1) is 5.10 Å². The normalized spacial score (nSPS) is 10.7. The molecule has 0 aliphatic rings. The lowest BCUT2D eigenvalue weighted by Gasteiger charge is -2.07. The molecular formula is C16H15N5O2. The minimum absolute atomic E-state index is 0.0603. The predicted octanol–water partition coefficient (Wildman–Crippen LogP) is 2.36. The van der Waals surface area contributed by atoms with Crippen molar-refractivity contribution in [2.75, 3.05) is 0 Å². The zero-order valence-corrected chi connectivity index (χ0v) is 12.3. The number of aromatic nitrogens is 3. The van der Waals surface area contributed by atoms with Gasteiger partial charge in [0.05, 0.1) is 23.4 Å². The first kappa shape index (κ1) is 14.9. The second-order valence-corrected chi connectivity index (χ2v) is 5.10. The number of nitro groups is 1. The van der Waals surface area contributed by atoms with Gasteiger partial charge < -0.3 is 5.73 Å². The van der Waals surface area contributed by atoms with E-state index in [2.05, 4.69) is 10.3 Å². The summed E-state index contributed by atoms with van der Waals surface area (Å²) in [4.78, 5) is 10.3. The van der Waals surface area contributed by atoms with E-state index in [0.717, 1.165) is 22.4 Å². The summed E-state index contributed by atoms with van der Waals surface area (Å²) in [5, 5.41) is 18.8. The fourth-order valence-electron chi connectivity index (χ4n) is 2.31. The lowest BCUT2D eigenvalue weighted by atomic mass is 10.1. The highest BCUT2D eigenvalue weighted by atomic mass is 16.6. The Morgan fingerprint density at radius 2 is 1.70 bits per heavy atom. The molecule has 0 saturated heterocycles. The lowest BCUT2D eigenvalue weighted by molar-refractivity contribution is -0.384. The zero-order chi connectivity index (χ0) is 16.2. The molecule has 0 saturated carbocycles. The standard InChI is InChI=1S/C16H15N5O2/c17-9-12-1-3-13(4-2-12)11-20-16(10-18-19-20)14-5-7-15(8-6-14)21(22)23/h1-8,10H,9,11,17H2. The van der Waals surface area contributed by atoms with E-state index >= 15 is 0 Å². The molecular weight excluding hydrogens is 294 g/mol. The number of nitrogens with two attached hydrogens (primary N) is 1. The van der Waals surface area contributed by atoms with E-state index in [4.69, 9.17) is 5.73 Å². The molecule has 0 aliphatic carbocycles. The van der Waals surface area contributed by atoms with Gasteiger partial charge >= 0.3 is 0 Å². The molecule has 0 aliphatic heterocycles. The van der Waals surface area contributed by atoms with Crippen molar-refractivity contribution >= 4 is 5.69 Å². The van der Waals surface area contributed by atoms with E-state index in [0.29, 0.717) is 13.1 Å². The molecule has 116 valence electrons. The predicted molar refractivity (Wildman–Crippen MR) is 85.5 cm³/mol. The van der Waals surface area contributed by atoms with Gasteiger partial charge in [0, 0.05) is 24.2 Å². The average molecular weight is 309 g/mol. The molecule has 2 aromatic carbocycles. The molecule has 0 bridgehead atoms. The molecule has 0 radical (unpaired) electrons. The van der Waals surface area contributed by atoms with Gasteiger partial charge in [0.1, 0.15) is 0 Å². The first-order chi connectivity index (χ1) is 11.2. The molecule has 0 amide bonds. The van der Waals surface area contributed by atoms with E-state index in [9.17, 15) is 10.1 Å². The van der Waals surface area contributed by atoms with Gasteiger partial charge in [0.2, 0.25) is 0 Å². The van der Waals surface area contributed by atoms with Gasteiger partial charge in [-0.25, -0.2) is 4.68 Å².